The summed E-state index contributed by atoms with van der Waals surface area (Å²) < 4.78 is 36.2. The maximum Gasteiger partial charge on any atom is 0.412 e. The van der Waals surface area contributed by atoms with Crippen LogP contribution in [-0.2, 0) is 0 Å². The van der Waals surface area contributed by atoms with Crippen molar-refractivity contribution in [1.29, 1.82) is 0 Å². The SMILES string of the molecule is C#C[C]1C=CC=C(C(F)(F)F)C1. The van der Waals surface area contributed by atoms with Gasteiger partial charge in [0, 0.05) is 5.57 Å². The van der Waals surface area contributed by atoms with E-state index in [9.17, 15) is 13.2 Å². The molecule has 1 aliphatic rings. The van der Waals surface area contributed by atoms with E-state index in [1.54, 1.807) is 0 Å². The van der Waals surface area contributed by atoms with Crippen LogP contribution in [0.5, 0.6) is 0 Å². The van der Waals surface area contributed by atoms with E-state index in [0.29, 0.717) is 5.92 Å². The zero-order valence-electron chi connectivity index (χ0n) is 6.15. The van der Waals surface area contributed by atoms with E-state index in [-0.39, 0.29) is 6.42 Å². The lowest BCUT2D eigenvalue weighted by Gasteiger charge is -2.15. The van der Waals surface area contributed by atoms with Crippen LogP contribution < -0.4 is 0 Å². The molecule has 1 radical (unpaired) electrons. The van der Waals surface area contributed by atoms with Crippen molar-refractivity contribution in [2.45, 2.75) is 12.6 Å². The molecule has 1 rings (SSSR count). The number of terminal acetylenes is 1. The summed E-state index contributed by atoms with van der Waals surface area (Å²) in [6, 6.07) is 0. The second-order valence-corrected chi connectivity index (χ2v) is 2.40. The minimum Gasteiger partial charge on any atom is -0.166 e. The highest BCUT2D eigenvalue weighted by atomic mass is 19.4. The van der Waals surface area contributed by atoms with Crippen molar-refractivity contribution in [3.8, 4) is 12.3 Å². The summed E-state index contributed by atoms with van der Waals surface area (Å²) in [4.78, 5) is 0. The van der Waals surface area contributed by atoms with Crippen LogP contribution in [0.25, 0.3) is 0 Å². The zero-order chi connectivity index (χ0) is 9.19. The molecule has 0 aromatic carbocycles. The van der Waals surface area contributed by atoms with Gasteiger partial charge in [-0.2, -0.15) is 13.2 Å². The molecule has 0 heterocycles. The molecule has 0 saturated carbocycles. The van der Waals surface area contributed by atoms with E-state index in [1.165, 1.54) is 12.2 Å². The number of halogens is 3. The molecule has 12 heavy (non-hydrogen) atoms. The third kappa shape index (κ3) is 1.91. The molecule has 0 amide bonds. The largest absolute Gasteiger partial charge is 0.412 e. The average Bonchev–Trinajstić information content (AvgIpc) is 2.03. The Bertz CT molecular complexity index is 262. The van der Waals surface area contributed by atoms with Crippen molar-refractivity contribution in [3.05, 3.63) is 29.7 Å². The number of rotatable bonds is 0. The second-order valence-electron chi connectivity index (χ2n) is 2.40. The molecule has 0 aromatic rings. The molecule has 0 atom stereocenters. The van der Waals surface area contributed by atoms with Crippen LogP contribution in [-0.4, -0.2) is 6.18 Å². The number of allylic oxidation sites excluding steroid dienone is 4. The summed E-state index contributed by atoms with van der Waals surface area (Å²) >= 11 is 0. The van der Waals surface area contributed by atoms with Gasteiger partial charge in [-0.25, -0.2) is 0 Å². The number of hydrogen-bond donors (Lipinski definition) is 0. The Hall–Kier alpha value is -1.17. The normalized spacial score (nSPS) is 18.7. The summed E-state index contributed by atoms with van der Waals surface area (Å²) in [6.45, 7) is 0. The minimum atomic E-state index is -4.26. The maximum atomic E-state index is 12.1. The Balaban J connectivity index is 2.78. The van der Waals surface area contributed by atoms with E-state index in [2.05, 4.69) is 5.92 Å². The van der Waals surface area contributed by atoms with E-state index >= 15 is 0 Å². The van der Waals surface area contributed by atoms with Gasteiger partial charge in [-0.05, 0) is 6.42 Å². The van der Waals surface area contributed by atoms with Gasteiger partial charge in [-0.3, -0.25) is 0 Å². The van der Waals surface area contributed by atoms with Crippen molar-refractivity contribution in [1.82, 2.24) is 0 Å². The Morgan fingerprint density at radius 1 is 1.42 bits per heavy atom. The third-order valence-corrected chi connectivity index (χ3v) is 1.53. The van der Waals surface area contributed by atoms with Crippen molar-refractivity contribution >= 4 is 0 Å². The van der Waals surface area contributed by atoms with Crippen molar-refractivity contribution in [2.24, 2.45) is 0 Å². The molecule has 0 fully saturated rings. The van der Waals surface area contributed by atoms with Crippen LogP contribution in [0, 0.1) is 18.3 Å². The van der Waals surface area contributed by atoms with Gasteiger partial charge in [-0.1, -0.05) is 24.1 Å². The Morgan fingerprint density at radius 3 is 2.58 bits per heavy atom. The molecular formula is C9H6F3. The first-order valence-corrected chi connectivity index (χ1v) is 3.31. The average molecular weight is 171 g/mol. The second kappa shape index (κ2) is 3.06. The number of alkyl halides is 3. The number of hydrogen-bond acceptors (Lipinski definition) is 0. The van der Waals surface area contributed by atoms with Crippen LogP contribution >= 0.6 is 0 Å². The lowest BCUT2D eigenvalue weighted by atomic mass is 9.95. The first-order valence-electron chi connectivity index (χ1n) is 3.31. The lowest BCUT2D eigenvalue weighted by Crippen LogP contribution is -2.15. The van der Waals surface area contributed by atoms with Gasteiger partial charge in [-0.15, -0.1) is 6.42 Å². The minimum absolute atomic E-state index is 0.184. The standard InChI is InChI=1S/C9H6F3/c1-2-7-4-3-5-8(6-7)9(10,11)12/h1,3-5H,6H2. The molecule has 0 aromatic heterocycles. The van der Waals surface area contributed by atoms with Gasteiger partial charge in [0.15, 0.2) is 0 Å². The van der Waals surface area contributed by atoms with Gasteiger partial charge in [0.1, 0.15) is 0 Å². The Kier molecular flexibility index (Phi) is 2.27. The topological polar surface area (TPSA) is 0 Å². The highest BCUT2D eigenvalue weighted by Gasteiger charge is 2.34. The van der Waals surface area contributed by atoms with Crippen LogP contribution in [0.2, 0.25) is 0 Å². The summed E-state index contributed by atoms with van der Waals surface area (Å²) in [5.41, 5.74) is -0.585. The van der Waals surface area contributed by atoms with Gasteiger partial charge < -0.3 is 0 Å². The molecule has 0 bridgehead atoms. The third-order valence-electron chi connectivity index (χ3n) is 1.53. The molecular weight excluding hydrogens is 165 g/mol. The van der Waals surface area contributed by atoms with E-state index in [0.717, 1.165) is 6.08 Å². The fourth-order valence-corrected chi connectivity index (χ4v) is 0.897. The van der Waals surface area contributed by atoms with E-state index in [4.69, 9.17) is 6.42 Å². The van der Waals surface area contributed by atoms with Crippen LogP contribution in [0.15, 0.2) is 23.8 Å². The van der Waals surface area contributed by atoms with Gasteiger partial charge in [0.25, 0.3) is 0 Å². The highest BCUT2D eigenvalue weighted by Crippen LogP contribution is 2.33. The van der Waals surface area contributed by atoms with E-state index in [1.807, 2.05) is 0 Å². The van der Waals surface area contributed by atoms with E-state index < -0.39 is 11.7 Å². The maximum absolute atomic E-state index is 12.1. The fourth-order valence-electron chi connectivity index (χ4n) is 0.897. The van der Waals surface area contributed by atoms with Gasteiger partial charge >= 0.3 is 6.18 Å². The Labute approximate surface area is 68.8 Å². The predicted octanol–water partition coefficient (Wildman–Crippen LogP) is 2.64. The Morgan fingerprint density at radius 2 is 2.08 bits per heavy atom. The van der Waals surface area contributed by atoms with Crippen LogP contribution in [0.3, 0.4) is 0 Å². The first kappa shape index (κ1) is 8.92. The van der Waals surface area contributed by atoms with Gasteiger partial charge in [0.2, 0.25) is 0 Å². The molecule has 0 unspecified atom stereocenters. The van der Waals surface area contributed by atoms with Crippen molar-refractivity contribution in [2.75, 3.05) is 0 Å². The van der Waals surface area contributed by atoms with Gasteiger partial charge in [0.05, 0.1) is 5.92 Å². The first-order chi connectivity index (χ1) is 5.54. The predicted molar refractivity (Wildman–Crippen MR) is 40.0 cm³/mol. The van der Waals surface area contributed by atoms with Crippen molar-refractivity contribution < 1.29 is 13.2 Å². The molecule has 0 aliphatic heterocycles. The highest BCUT2D eigenvalue weighted by molar-refractivity contribution is 5.40. The summed E-state index contributed by atoms with van der Waals surface area (Å²) in [5, 5.41) is 0. The molecule has 3 heteroatoms. The smallest absolute Gasteiger partial charge is 0.166 e. The van der Waals surface area contributed by atoms with Crippen molar-refractivity contribution in [3.63, 3.8) is 0 Å². The molecule has 0 nitrogen and oxygen atoms in total. The summed E-state index contributed by atoms with van der Waals surface area (Å²) in [7, 11) is 0. The quantitative estimate of drug-likeness (QED) is 0.491. The summed E-state index contributed by atoms with van der Waals surface area (Å²) in [5.74, 6) is 2.56. The molecule has 63 valence electrons. The molecule has 0 saturated heterocycles. The fraction of sp³-hybridized carbons (Fsp3) is 0.222. The zero-order valence-corrected chi connectivity index (χ0v) is 6.15. The monoisotopic (exact) mass is 171 g/mol. The molecule has 0 spiro atoms. The lowest BCUT2D eigenvalue weighted by molar-refractivity contribution is -0.0934. The van der Waals surface area contributed by atoms with Crippen LogP contribution in [0.4, 0.5) is 13.2 Å². The van der Waals surface area contributed by atoms with Crippen LogP contribution in [0.1, 0.15) is 6.42 Å². The summed E-state index contributed by atoms with van der Waals surface area (Å²) in [6.07, 6.45) is 4.41. The molecule has 1 aliphatic carbocycles. The molecule has 0 N–H and O–H groups in total.